The van der Waals surface area contributed by atoms with Crippen molar-refractivity contribution in [2.75, 3.05) is 13.2 Å². The van der Waals surface area contributed by atoms with Crippen LogP contribution in [-0.4, -0.2) is 19.2 Å². The van der Waals surface area contributed by atoms with Crippen molar-refractivity contribution in [3.63, 3.8) is 0 Å². The van der Waals surface area contributed by atoms with E-state index in [1.54, 1.807) is 0 Å². The average molecular weight is 556 g/mol. The van der Waals surface area contributed by atoms with Gasteiger partial charge in [0.1, 0.15) is 23.1 Å². The lowest BCUT2D eigenvalue weighted by Gasteiger charge is -2.28. The Morgan fingerprint density at radius 2 is 1.51 bits per heavy atom. The van der Waals surface area contributed by atoms with Gasteiger partial charge in [-0.15, -0.1) is 0 Å². The summed E-state index contributed by atoms with van der Waals surface area (Å²) in [5.74, 6) is -10.8. The molecule has 0 atom stereocenters. The van der Waals surface area contributed by atoms with Gasteiger partial charge in [0.25, 0.3) is 0 Å². The molecule has 1 fully saturated rings. The second-order valence-electron chi connectivity index (χ2n) is 8.37. The van der Waals surface area contributed by atoms with Gasteiger partial charge < -0.3 is 18.9 Å². The lowest BCUT2D eigenvalue weighted by atomic mass is 10.1. The Morgan fingerprint density at radius 3 is 2.10 bits per heavy atom. The number of carbonyl (C=O) groups excluding carboxylic acids is 1. The molecule has 0 radical (unpaired) electrons. The van der Waals surface area contributed by atoms with E-state index < -0.39 is 70.1 Å². The third-order valence-corrected chi connectivity index (χ3v) is 5.54. The Morgan fingerprint density at radius 1 is 0.872 bits per heavy atom. The first-order chi connectivity index (χ1) is 18.5. The smallest absolute Gasteiger partial charge is 0.429 e. The van der Waals surface area contributed by atoms with E-state index in [1.165, 1.54) is 6.07 Å². The number of halogens is 7. The van der Waals surface area contributed by atoms with Gasteiger partial charge in [0.05, 0.1) is 24.3 Å². The molecule has 0 N–H and O–H groups in total. The molecule has 0 spiro atoms. The number of hydrogen-bond donors (Lipinski definition) is 0. The van der Waals surface area contributed by atoms with Gasteiger partial charge in [0.2, 0.25) is 0 Å². The number of allylic oxidation sites excluding steroid dienone is 1. The summed E-state index contributed by atoms with van der Waals surface area (Å²) in [6.07, 6.45) is -1.50. The van der Waals surface area contributed by atoms with E-state index in [0.717, 1.165) is 18.2 Å². The van der Waals surface area contributed by atoms with Crippen LogP contribution in [-0.2, 0) is 15.6 Å². The summed E-state index contributed by atoms with van der Waals surface area (Å²) in [5.41, 5.74) is -1.80. The third kappa shape index (κ3) is 6.40. The quantitative estimate of drug-likeness (QED) is 0.104. The van der Waals surface area contributed by atoms with E-state index in [9.17, 15) is 35.5 Å². The number of carbonyl (C=O) groups is 1. The molecule has 0 aliphatic carbocycles. The summed E-state index contributed by atoms with van der Waals surface area (Å²) < 4.78 is 118. The number of hydrogen-bond acceptors (Lipinski definition) is 5. The molecule has 0 saturated carbocycles. The van der Waals surface area contributed by atoms with Crippen molar-refractivity contribution < 1.29 is 54.5 Å². The molecule has 1 aliphatic rings. The van der Waals surface area contributed by atoms with Crippen LogP contribution >= 0.6 is 0 Å². The first-order valence-corrected chi connectivity index (χ1v) is 11.4. The second-order valence-corrected chi connectivity index (χ2v) is 8.37. The van der Waals surface area contributed by atoms with Crippen LogP contribution in [0.25, 0.3) is 0 Å². The first kappa shape index (κ1) is 28.1. The van der Waals surface area contributed by atoms with Gasteiger partial charge in [0, 0.05) is 29.7 Å². The maximum absolute atomic E-state index is 14.8. The van der Waals surface area contributed by atoms with Crippen LogP contribution < -0.4 is 9.47 Å². The Bertz CT molecular complexity index is 1380. The van der Waals surface area contributed by atoms with Gasteiger partial charge in [-0.2, -0.15) is 8.78 Å². The van der Waals surface area contributed by atoms with Crippen molar-refractivity contribution in [1.29, 1.82) is 0 Å². The van der Waals surface area contributed by atoms with Gasteiger partial charge >= 0.3 is 12.1 Å². The Balaban J connectivity index is 1.45. The summed E-state index contributed by atoms with van der Waals surface area (Å²) >= 11 is 0. The highest BCUT2D eigenvalue weighted by Gasteiger charge is 2.38. The lowest BCUT2D eigenvalue weighted by molar-refractivity contribution is -0.198. The molecule has 3 aromatic carbocycles. The van der Waals surface area contributed by atoms with E-state index >= 15 is 0 Å². The molecule has 206 valence electrons. The molecule has 5 nitrogen and oxygen atoms in total. The Hall–Kier alpha value is -3.90. The second kappa shape index (κ2) is 11.5. The van der Waals surface area contributed by atoms with E-state index in [-0.39, 0.29) is 11.5 Å². The summed E-state index contributed by atoms with van der Waals surface area (Å²) in [7, 11) is 0. The van der Waals surface area contributed by atoms with Crippen molar-refractivity contribution >= 4 is 5.97 Å². The normalized spacial score (nSPS) is 17.8. The van der Waals surface area contributed by atoms with Crippen molar-refractivity contribution in [2.24, 2.45) is 5.92 Å². The summed E-state index contributed by atoms with van der Waals surface area (Å²) in [4.78, 5) is 12.2. The fraction of sp³-hybridized carbons (Fsp3) is 0.222. The van der Waals surface area contributed by atoms with Crippen LogP contribution in [0.2, 0.25) is 0 Å². The van der Waals surface area contributed by atoms with Crippen LogP contribution in [0.3, 0.4) is 0 Å². The summed E-state index contributed by atoms with van der Waals surface area (Å²) in [6.45, 7) is 2.43. The molecule has 0 bridgehead atoms. The van der Waals surface area contributed by atoms with Gasteiger partial charge in [-0.1, -0.05) is 18.2 Å². The van der Waals surface area contributed by atoms with Gasteiger partial charge in [0.15, 0.2) is 23.7 Å². The van der Waals surface area contributed by atoms with Crippen LogP contribution in [0.15, 0.2) is 60.7 Å². The molecule has 1 heterocycles. The van der Waals surface area contributed by atoms with E-state index in [2.05, 4.69) is 9.47 Å². The first-order valence-electron chi connectivity index (χ1n) is 11.4. The zero-order valence-electron chi connectivity index (χ0n) is 20.0. The molecule has 4 rings (SSSR count). The number of benzene rings is 3. The lowest BCUT2D eigenvalue weighted by Crippen LogP contribution is -2.27. The van der Waals surface area contributed by atoms with Crippen molar-refractivity contribution in [2.45, 2.75) is 19.3 Å². The predicted molar refractivity (Wildman–Crippen MR) is 122 cm³/mol. The SMILES string of the molecule is C/C=C/C1COC(c2ccc(C(F)(F)Oc3ccc(C(=O)Oc4cc(F)c(F)c(F)c4)c(F)c3)c(F)c2)OC1. The molecule has 12 heteroatoms. The number of esters is 1. The van der Waals surface area contributed by atoms with Gasteiger partial charge in [-0.25, -0.2) is 26.7 Å². The monoisotopic (exact) mass is 556 g/mol. The van der Waals surface area contributed by atoms with Crippen LogP contribution in [0, 0.1) is 35.0 Å². The van der Waals surface area contributed by atoms with Crippen LogP contribution in [0.4, 0.5) is 30.7 Å². The van der Waals surface area contributed by atoms with Gasteiger partial charge in [-0.3, -0.25) is 0 Å². The minimum atomic E-state index is -4.26. The largest absolute Gasteiger partial charge is 0.429 e. The average Bonchev–Trinajstić information content (AvgIpc) is 2.87. The highest BCUT2D eigenvalue weighted by molar-refractivity contribution is 5.91. The summed E-state index contributed by atoms with van der Waals surface area (Å²) in [6, 6.07) is 5.38. The third-order valence-electron chi connectivity index (χ3n) is 5.54. The van der Waals surface area contributed by atoms with E-state index in [0.29, 0.717) is 37.5 Å². The topological polar surface area (TPSA) is 54.0 Å². The highest BCUT2D eigenvalue weighted by Crippen LogP contribution is 2.36. The maximum Gasteiger partial charge on any atom is 0.429 e. The Kier molecular flexibility index (Phi) is 8.26. The molecule has 0 aromatic heterocycles. The van der Waals surface area contributed by atoms with Crippen LogP contribution in [0.1, 0.15) is 34.7 Å². The predicted octanol–water partition coefficient (Wildman–Crippen LogP) is 6.97. The maximum atomic E-state index is 14.8. The minimum absolute atomic E-state index is 0.00986. The molecule has 3 aromatic rings. The molecule has 1 aliphatic heterocycles. The number of rotatable bonds is 7. The molecule has 1 saturated heterocycles. The number of ether oxygens (including phenoxy) is 4. The standard InChI is InChI=1S/C27H19F7O5/c1-2-3-14-12-36-26(37-13-14)15-4-7-19(21(29)8-15)27(33,34)39-16-5-6-18(20(28)9-16)25(35)38-17-10-22(30)24(32)23(31)11-17/h2-11,14,26H,12-13H2,1H3/b3-2+. The minimum Gasteiger partial charge on any atom is -0.429 e. The molecular formula is C27H19F7O5. The van der Waals surface area contributed by atoms with E-state index in [1.807, 2.05) is 19.1 Å². The van der Waals surface area contributed by atoms with Crippen molar-refractivity contribution in [3.05, 3.63) is 106 Å². The van der Waals surface area contributed by atoms with Crippen LogP contribution in [0.5, 0.6) is 11.5 Å². The van der Waals surface area contributed by atoms with Crippen molar-refractivity contribution in [1.82, 2.24) is 0 Å². The molecular weight excluding hydrogens is 537 g/mol. The van der Waals surface area contributed by atoms with Gasteiger partial charge in [-0.05, 0) is 31.2 Å². The van der Waals surface area contributed by atoms with E-state index in [4.69, 9.17) is 9.47 Å². The highest BCUT2D eigenvalue weighted by atomic mass is 19.3. The fourth-order valence-electron chi connectivity index (χ4n) is 3.69. The zero-order valence-corrected chi connectivity index (χ0v) is 20.0. The summed E-state index contributed by atoms with van der Waals surface area (Å²) in [5, 5.41) is 0. The molecule has 0 unspecified atom stereocenters. The van der Waals surface area contributed by atoms with Crippen molar-refractivity contribution in [3.8, 4) is 11.5 Å². The zero-order chi connectivity index (χ0) is 28.3. The molecule has 39 heavy (non-hydrogen) atoms. The Labute approximate surface area is 217 Å². The number of alkyl halides is 2. The molecule has 0 amide bonds. The fourth-order valence-corrected chi connectivity index (χ4v) is 3.69.